The van der Waals surface area contributed by atoms with E-state index >= 15 is 0 Å². The molecule has 1 amide bonds. The fourth-order valence-electron chi connectivity index (χ4n) is 2.86. The number of methoxy groups -OCH3 is 1. The predicted molar refractivity (Wildman–Crippen MR) is 134 cm³/mol. The van der Waals surface area contributed by atoms with Gasteiger partial charge in [0.25, 0.3) is 5.91 Å². The fourth-order valence-corrected chi connectivity index (χ4v) is 3.24. The molecule has 0 radical (unpaired) electrons. The van der Waals surface area contributed by atoms with E-state index in [1.54, 1.807) is 73.8 Å². The molecule has 8 heteroatoms. The van der Waals surface area contributed by atoms with Crippen molar-refractivity contribution in [2.45, 2.75) is 19.8 Å². The average Bonchev–Trinajstić information content (AvgIpc) is 2.86. The fraction of sp³-hybridized carbons (Fsp3) is 0.192. The predicted octanol–water partition coefficient (Wildman–Crippen LogP) is 5.62. The van der Waals surface area contributed by atoms with E-state index in [2.05, 4.69) is 33.4 Å². The maximum absolute atomic E-state index is 12.5. The number of nitrogens with one attached hydrogen (secondary N) is 1. The SMILES string of the molecule is CCCCOc1ccc(C(=O)NN=Cc2cc(Br)ccc2OC(=O)c2ccc(OC)cc2)cc1. The van der Waals surface area contributed by atoms with Crippen LogP contribution in [0.25, 0.3) is 0 Å². The van der Waals surface area contributed by atoms with Gasteiger partial charge < -0.3 is 14.2 Å². The molecular weight excluding hydrogens is 500 g/mol. The number of hydrazone groups is 1. The molecule has 0 aliphatic heterocycles. The Morgan fingerprint density at radius 3 is 2.32 bits per heavy atom. The zero-order chi connectivity index (χ0) is 24.3. The lowest BCUT2D eigenvalue weighted by Crippen LogP contribution is -2.17. The first-order valence-corrected chi connectivity index (χ1v) is 11.5. The van der Waals surface area contributed by atoms with Crippen molar-refractivity contribution >= 4 is 34.0 Å². The molecule has 0 saturated carbocycles. The lowest BCUT2D eigenvalue weighted by molar-refractivity contribution is 0.0734. The number of hydrogen-bond donors (Lipinski definition) is 1. The Bertz CT molecular complexity index is 1140. The van der Waals surface area contributed by atoms with Crippen molar-refractivity contribution in [3.05, 3.63) is 87.9 Å². The van der Waals surface area contributed by atoms with Gasteiger partial charge in [-0.1, -0.05) is 29.3 Å². The van der Waals surface area contributed by atoms with Crippen LogP contribution in [0.4, 0.5) is 0 Å². The molecule has 0 unspecified atom stereocenters. The van der Waals surface area contributed by atoms with E-state index in [-0.39, 0.29) is 5.91 Å². The van der Waals surface area contributed by atoms with E-state index in [1.807, 2.05) is 0 Å². The normalized spacial score (nSPS) is 10.7. The summed E-state index contributed by atoms with van der Waals surface area (Å²) in [4.78, 5) is 24.9. The van der Waals surface area contributed by atoms with Gasteiger partial charge in [-0.15, -0.1) is 0 Å². The van der Waals surface area contributed by atoms with Crippen molar-refractivity contribution in [3.8, 4) is 17.2 Å². The number of unbranched alkanes of at least 4 members (excludes halogenated alkanes) is 1. The maximum atomic E-state index is 12.5. The number of benzene rings is 3. The summed E-state index contributed by atoms with van der Waals surface area (Å²) in [5.41, 5.74) is 3.82. The summed E-state index contributed by atoms with van der Waals surface area (Å²) in [5.74, 6) is 0.761. The molecule has 0 aromatic heterocycles. The molecule has 7 nitrogen and oxygen atoms in total. The van der Waals surface area contributed by atoms with Gasteiger partial charge in [-0.2, -0.15) is 5.10 Å². The Labute approximate surface area is 206 Å². The topological polar surface area (TPSA) is 86.2 Å². The van der Waals surface area contributed by atoms with Crippen LogP contribution in [-0.2, 0) is 0 Å². The van der Waals surface area contributed by atoms with Gasteiger partial charge in [0.2, 0.25) is 0 Å². The maximum Gasteiger partial charge on any atom is 0.343 e. The second-order valence-electron chi connectivity index (χ2n) is 7.23. The highest BCUT2D eigenvalue weighted by Crippen LogP contribution is 2.23. The van der Waals surface area contributed by atoms with Crippen molar-refractivity contribution in [3.63, 3.8) is 0 Å². The number of carbonyl (C=O) groups excluding carboxylic acids is 2. The Morgan fingerprint density at radius 1 is 0.971 bits per heavy atom. The van der Waals surface area contributed by atoms with Crippen molar-refractivity contribution in [1.29, 1.82) is 0 Å². The zero-order valence-corrected chi connectivity index (χ0v) is 20.5. The van der Waals surface area contributed by atoms with Crippen LogP contribution in [-0.4, -0.2) is 31.8 Å². The molecule has 3 aromatic rings. The van der Waals surface area contributed by atoms with Gasteiger partial charge in [0.15, 0.2) is 0 Å². The monoisotopic (exact) mass is 524 g/mol. The highest BCUT2D eigenvalue weighted by atomic mass is 79.9. The van der Waals surface area contributed by atoms with Crippen molar-refractivity contribution in [2.24, 2.45) is 5.10 Å². The summed E-state index contributed by atoms with van der Waals surface area (Å²) < 4.78 is 17.0. The van der Waals surface area contributed by atoms with E-state index in [4.69, 9.17) is 14.2 Å². The van der Waals surface area contributed by atoms with Gasteiger partial charge in [0.05, 0.1) is 25.5 Å². The summed E-state index contributed by atoms with van der Waals surface area (Å²) >= 11 is 3.39. The third-order valence-corrected chi connectivity index (χ3v) is 5.25. The molecule has 3 aromatic carbocycles. The number of esters is 1. The lowest BCUT2D eigenvalue weighted by Gasteiger charge is -2.09. The molecule has 3 rings (SSSR count). The minimum atomic E-state index is -0.523. The van der Waals surface area contributed by atoms with Crippen LogP contribution >= 0.6 is 15.9 Å². The molecule has 34 heavy (non-hydrogen) atoms. The zero-order valence-electron chi connectivity index (χ0n) is 18.9. The van der Waals surface area contributed by atoms with Crippen LogP contribution in [0.15, 0.2) is 76.3 Å². The summed E-state index contributed by atoms with van der Waals surface area (Å²) in [6, 6.07) is 18.6. The Morgan fingerprint density at radius 2 is 1.65 bits per heavy atom. The van der Waals surface area contributed by atoms with E-state index < -0.39 is 5.97 Å². The minimum absolute atomic E-state index is 0.301. The lowest BCUT2D eigenvalue weighted by atomic mass is 10.2. The van der Waals surface area contributed by atoms with Crippen LogP contribution in [0, 0.1) is 0 Å². The number of nitrogens with zero attached hydrogens (tertiary/aromatic N) is 1. The smallest absolute Gasteiger partial charge is 0.343 e. The summed E-state index contributed by atoms with van der Waals surface area (Å²) in [6.45, 7) is 2.74. The van der Waals surface area contributed by atoms with Crippen LogP contribution in [0.1, 0.15) is 46.0 Å². The van der Waals surface area contributed by atoms with E-state index in [9.17, 15) is 9.59 Å². The molecule has 0 aliphatic rings. The standard InChI is InChI=1S/C26H25BrN2O5/c1-3-4-15-33-23-12-5-18(6-13-23)25(30)29-28-17-20-16-21(27)9-14-24(20)34-26(31)19-7-10-22(32-2)11-8-19/h5-14,16-17H,3-4,15H2,1-2H3,(H,29,30). The molecule has 0 aliphatic carbocycles. The largest absolute Gasteiger partial charge is 0.497 e. The molecule has 1 N–H and O–H groups in total. The highest BCUT2D eigenvalue weighted by Gasteiger charge is 2.12. The quantitative estimate of drug-likeness (QED) is 0.122. The van der Waals surface area contributed by atoms with Crippen LogP contribution in [0.2, 0.25) is 0 Å². The van der Waals surface area contributed by atoms with Crippen LogP contribution in [0.3, 0.4) is 0 Å². The molecule has 0 bridgehead atoms. The number of amides is 1. The number of halogens is 1. The number of rotatable bonds is 10. The average molecular weight is 525 g/mol. The third kappa shape index (κ3) is 7.18. The van der Waals surface area contributed by atoms with Gasteiger partial charge in [-0.05, 0) is 73.2 Å². The molecule has 0 atom stereocenters. The summed E-state index contributed by atoms with van der Waals surface area (Å²) in [5, 5.41) is 4.02. The third-order valence-electron chi connectivity index (χ3n) is 4.75. The van der Waals surface area contributed by atoms with Gasteiger partial charge in [0.1, 0.15) is 17.2 Å². The summed E-state index contributed by atoms with van der Waals surface area (Å²) in [7, 11) is 1.55. The molecule has 0 saturated heterocycles. The molecule has 0 heterocycles. The molecule has 0 fully saturated rings. The Kier molecular flexibility index (Phi) is 9.22. The van der Waals surface area contributed by atoms with Crippen molar-refractivity contribution < 1.29 is 23.8 Å². The van der Waals surface area contributed by atoms with Crippen LogP contribution < -0.4 is 19.6 Å². The Hall–Kier alpha value is -3.65. The summed E-state index contributed by atoms with van der Waals surface area (Å²) in [6.07, 6.45) is 3.45. The van der Waals surface area contributed by atoms with Crippen LogP contribution in [0.5, 0.6) is 17.2 Å². The van der Waals surface area contributed by atoms with E-state index in [0.29, 0.717) is 40.5 Å². The van der Waals surface area contributed by atoms with Gasteiger partial charge in [-0.25, -0.2) is 10.2 Å². The molecule has 176 valence electrons. The van der Waals surface area contributed by atoms with Crippen molar-refractivity contribution in [2.75, 3.05) is 13.7 Å². The first-order valence-electron chi connectivity index (χ1n) is 10.7. The number of hydrogen-bond acceptors (Lipinski definition) is 6. The van der Waals surface area contributed by atoms with Gasteiger partial charge in [-0.3, -0.25) is 4.79 Å². The number of ether oxygens (including phenoxy) is 3. The first kappa shape index (κ1) is 25.0. The number of carbonyl (C=O) groups is 2. The van der Waals surface area contributed by atoms with Gasteiger partial charge in [0, 0.05) is 15.6 Å². The molecule has 0 spiro atoms. The van der Waals surface area contributed by atoms with Crippen molar-refractivity contribution in [1.82, 2.24) is 5.43 Å². The molecular formula is C26H25BrN2O5. The first-order chi connectivity index (χ1) is 16.5. The van der Waals surface area contributed by atoms with E-state index in [1.165, 1.54) is 6.21 Å². The van der Waals surface area contributed by atoms with E-state index in [0.717, 1.165) is 17.3 Å². The second-order valence-corrected chi connectivity index (χ2v) is 8.14. The van der Waals surface area contributed by atoms with Gasteiger partial charge >= 0.3 is 5.97 Å². The second kappa shape index (κ2) is 12.6. The highest BCUT2D eigenvalue weighted by molar-refractivity contribution is 9.10. The minimum Gasteiger partial charge on any atom is -0.497 e. The Balaban J connectivity index is 1.64.